The van der Waals surface area contributed by atoms with E-state index in [1.54, 1.807) is 36.4 Å². The summed E-state index contributed by atoms with van der Waals surface area (Å²) in [5.41, 5.74) is 1.09. The number of hydrogen-bond donors (Lipinski definition) is 1. The molecule has 1 aliphatic heterocycles. The first kappa shape index (κ1) is 18.8. The summed E-state index contributed by atoms with van der Waals surface area (Å²) in [6.45, 7) is 3.66. The average Bonchev–Trinajstić information content (AvgIpc) is 3.24. The quantitative estimate of drug-likeness (QED) is 0.793. The van der Waals surface area contributed by atoms with E-state index in [1.807, 2.05) is 6.92 Å². The second kappa shape index (κ2) is 7.30. The van der Waals surface area contributed by atoms with Crippen molar-refractivity contribution < 1.29 is 18.0 Å². The highest BCUT2D eigenvalue weighted by Gasteiger charge is 2.40. The first-order chi connectivity index (χ1) is 12.3. The van der Waals surface area contributed by atoms with Crippen molar-refractivity contribution >= 4 is 38.7 Å². The van der Waals surface area contributed by atoms with E-state index < -0.39 is 16.1 Å². The molecule has 0 radical (unpaired) electrons. The van der Waals surface area contributed by atoms with E-state index in [0.29, 0.717) is 30.6 Å². The maximum absolute atomic E-state index is 12.9. The lowest BCUT2D eigenvalue weighted by molar-refractivity contribution is -0.119. The predicted molar refractivity (Wildman–Crippen MR) is 101 cm³/mol. The number of rotatable bonds is 5. The van der Waals surface area contributed by atoms with Crippen molar-refractivity contribution in [3.05, 3.63) is 46.8 Å². The van der Waals surface area contributed by atoms with Crippen LogP contribution in [0.1, 0.15) is 35.0 Å². The van der Waals surface area contributed by atoms with E-state index in [4.69, 9.17) is 0 Å². The molecule has 1 aliphatic rings. The second-order valence-corrected chi connectivity index (χ2v) is 9.67. The molecule has 0 saturated carbocycles. The lowest BCUT2D eigenvalue weighted by atomic mass is 10.1. The van der Waals surface area contributed by atoms with Crippen LogP contribution in [0, 0.1) is 6.92 Å². The second-order valence-electron chi connectivity index (χ2n) is 6.26. The Kier molecular flexibility index (Phi) is 5.27. The number of nitrogens with zero attached hydrogens (tertiary/aromatic N) is 1. The molecule has 2 heterocycles. The van der Waals surface area contributed by atoms with Gasteiger partial charge < -0.3 is 5.32 Å². The van der Waals surface area contributed by atoms with E-state index in [2.05, 4.69) is 5.32 Å². The van der Waals surface area contributed by atoms with Gasteiger partial charge in [-0.25, -0.2) is 8.42 Å². The number of aryl methyl sites for hydroxylation is 1. The smallest absolute Gasteiger partial charge is 0.253 e. The van der Waals surface area contributed by atoms with E-state index >= 15 is 0 Å². The van der Waals surface area contributed by atoms with Crippen LogP contribution in [0.5, 0.6) is 0 Å². The molecule has 1 N–H and O–H groups in total. The number of ketones is 1. The zero-order chi connectivity index (χ0) is 18.9. The topological polar surface area (TPSA) is 83.6 Å². The van der Waals surface area contributed by atoms with Gasteiger partial charge in [0.1, 0.15) is 10.3 Å². The van der Waals surface area contributed by atoms with E-state index in [0.717, 1.165) is 4.88 Å². The molecule has 26 heavy (non-hydrogen) atoms. The molecule has 8 heteroatoms. The van der Waals surface area contributed by atoms with Crippen LogP contribution in [0.25, 0.3) is 0 Å². The predicted octanol–water partition coefficient (Wildman–Crippen LogP) is 3.05. The Bertz CT molecular complexity index is 932. The summed E-state index contributed by atoms with van der Waals surface area (Å²) in [6.07, 6.45) is 1.13. The fourth-order valence-electron chi connectivity index (χ4n) is 2.97. The molecule has 1 saturated heterocycles. The van der Waals surface area contributed by atoms with Crippen LogP contribution in [-0.2, 0) is 14.8 Å². The first-order valence-electron chi connectivity index (χ1n) is 8.29. The van der Waals surface area contributed by atoms with Crippen LogP contribution in [0.2, 0.25) is 0 Å². The van der Waals surface area contributed by atoms with Gasteiger partial charge in [-0.3, -0.25) is 9.59 Å². The van der Waals surface area contributed by atoms with Gasteiger partial charge in [0.15, 0.2) is 5.78 Å². The molecule has 138 valence electrons. The largest absolute Gasteiger partial charge is 0.325 e. The number of benzene rings is 1. The number of sulfonamides is 1. The number of carbonyl (C=O) groups excluding carboxylic acids is 2. The van der Waals surface area contributed by atoms with Crippen LogP contribution >= 0.6 is 11.3 Å². The summed E-state index contributed by atoms with van der Waals surface area (Å²) in [5.74, 6) is -0.405. The molecule has 0 bridgehead atoms. The van der Waals surface area contributed by atoms with Crippen LogP contribution in [0.4, 0.5) is 5.69 Å². The number of anilines is 1. The van der Waals surface area contributed by atoms with Crippen molar-refractivity contribution in [2.75, 3.05) is 11.9 Å². The van der Waals surface area contributed by atoms with E-state index in [1.165, 1.54) is 22.6 Å². The highest BCUT2D eigenvalue weighted by molar-refractivity contribution is 7.91. The zero-order valence-corrected chi connectivity index (χ0v) is 16.2. The summed E-state index contributed by atoms with van der Waals surface area (Å²) in [5, 5.41) is 2.76. The van der Waals surface area contributed by atoms with E-state index in [-0.39, 0.29) is 15.9 Å². The summed E-state index contributed by atoms with van der Waals surface area (Å²) in [6, 6.07) is 9.18. The summed E-state index contributed by atoms with van der Waals surface area (Å²) >= 11 is 1.21. The third kappa shape index (κ3) is 3.72. The highest BCUT2D eigenvalue weighted by Crippen LogP contribution is 2.30. The minimum atomic E-state index is -3.68. The van der Waals surface area contributed by atoms with Crippen LogP contribution in [0.15, 0.2) is 40.6 Å². The Balaban J connectivity index is 1.77. The maximum Gasteiger partial charge on any atom is 0.253 e. The number of amides is 1. The molecule has 1 amide bonds. The van der Waals surface area contributed by atoms with Gasteiger partial charge in [0, 0.05) is 22.7 Å². The van der Waals surface area contributed by atoms with Crippen molar-refractivity contribution in [3.8, 4) is 0 Å². The van der Waals surface area contributed by atoms with Crippen LogP contribution < -0.4 is 5.32 Å². The fraction of sp³-hybridized carbons (Fsp3) is 0.333. The van der Waals surface area contributed by atoms with Gasteiger partial charge in [0.25, 0.3) is 10.0 Å². The average molecular weight is 393 g/mol. The van der Waals surface area contributed by atoms with E-state index in [9.17, 15) is 18.0 Å². The Morgan fingerprint density at radius 1 is 1.15 bits per heavy atom. The number of Topliss-reactive ketones (excluding diaryl/α,β-unsaturated/α-hetero) is 1. The zero-order valence-electron chi connectivity index (χ0n) is 14.6. The minimum absolute atomic E-state index is 0.0535. The lowest BCUT2D eigenvalue weighted by Crippen LogP contribution is -2.42. The Morgan fingerprint density at radius 2 is 1.85 bits per heavy atom. The molecule has 1 fully saturated rings. The fourth-order valence-corrected chi connectivity index (χ4v) is 6.04. The minimum Gasteiger partial charge on any atom is -0.325 e. The molecule has 1 aromatic carbocycles. The van der Waals surface area contributed by atoms with Crippen molar-refractivity contribution in [3.63, 3.8) is 0 Å². The maximum atomic E-state index is 12.9. The molecule has 2 aromatic rings. The SMILES string of the molecule is CC(=O)c1ccc(NC(=O)C2CCCN2S(=O)(=O)c2ccc(C)s2)cc1. The van der Waals surface area contributed by atoms with Gasteiger partial charge in [0.2, 0.25) is 5.91 Å². The highest BCUT2D eigenvalue weighted by atomic mass is 32.2. The summed E-state index contributed by atoms with van der Waals surface area (Å²) in [4.78, 5) is 24.9. The van der Waals surface area contributed by atoms with Crippen LogP contribution in [0.3, 0.4) is 0 Å². The monoisotopic (exact) mass is 392 g/mol. The van der Waals surface area contributed by atoms with Gasteiger partial charge in [-0.1, -0.05) is 0 Å². The Labute approximate surface area is 156 Å². The number of nitrogens with one attached hydrogen (secondary N) is 1. The van der Waals surface area contributed by atoms with Crippen molar-refractivity contribution in [2.45, 2.75) is 36.9 Å². The van der Waals surface area contributed by atoms with Crippen molar-refractivity contribution in [2.24, 2.45) is 0 Å². The third-order valence-corrected chi connectivity index (χ3v) is 7.72. The Hall–Kier alpha value is -2.03. The lowest BCUT2D eigenvalue weighted by Gasteiger charge is -2.22. The number of thiophene rings is 1. The standard InChI is InChI=1S/C18H20N2O4S2/c1-12-5-10-17(25-12)26(23,24)20-11-3-4-16(20)18(22)19-15-8-6-14(7-9-15)13(2)21/h5-10,16H,3-4,11H2,1-2H3,(H,19,22). The molecular formula is C18H20N2O4S2. The Morgan fingerprint density at radius 3 is 2.42 bits per heavy atom. The van der Waals surface area contributed by atoms with Crippen molar-refractivity contribution in [1.82, 2.24) is 4.31 Å². The molecule has 0 spiro atoms. The van der Waals surface area contributed by atoms with Gasteiger partial charge in [0.05, 0.1) is 0 Å². The van der Waals surface area contributed by atoms with Gasteiger partial charge >= 0.3 is 0 Å². The normalized spacial score (nSPS) is 18.0. The first-order valence-corrected chi connectivity index (χ1v) is 10.5. The van der Waals surface area contributed by atoms with Gasteiger partial charge in [-0.2, -0.15) is 4.31 Å². The van der Waals surface area contributed by atoms with Gasteiger partial charge in [-0.05, 0) is 63.1 Å². The number of carbonyl (C=O) groups is 2. The third-order valence-electron chi connectivity index (χ3n) is 4.34. The molecule has 0 aliphatic carbocycles. The number of hydrogen-bond acceptors (Lipinski definition) is 5. The molecule has 1 aromatic heterocycles. The molecule has 1 unspecified atom stereocenters. The van der Waals surface area contributed by atoms with Gasteiger partial charge in [-0.15, -0.1) is 11.3 Å². The molecule has 6 nitrogen and oxygen atoms in total. The summed E-state index contributed by atoms with van der Waals surface area (Å²) in [7, 11) is -3.68. The van der Waals surface area contributed by atoms with Crippen molar-refractivity contribution in [1.29, 1.82) is 0 Å². The molecular weight excluding hydrogens is 372 g/mol. The van der Waals surface area contributed by atoms with Crippen LogP contribution in [-0.4, -0.2) is 37.0 Å². The molecule has 3 rings (SSSR count). The summed E-state index contributed by atoms with van der Waals surface area (Å²) < 4.78 is 27.3. The molecule has 1 atom stereocenters.